The van der Waals surface area contributed by atoms with E-state index in [4.69, 9.17) is 14.5 Å². The second-order valence-electron chi connectivity index (χ2n) is 10.8. The molecule has 3 aliphatic heterocycles. The molecule has 5 rings (SSSR count). The van der Waals surface area contributed by atoms with Crippen LogP contribution < -0.4 is 14.8 Å². The summed E-state index contributed by atoms with van der Waals surface area (Å²) in [6, 6.07) is 9.66. The van der Waals surface area contributed by atoms with E-state index in [1.54, 1.807) is 28.0 Å². The van der Waals surface area contributed by atoms with Crippen LogP contribution in [0.5, 0.6) is 0 Å². The number of piperazine rings is 1. The van der Waals surface area contributed by atoms with Crippen molar-refractivity contribution in [3.8, 4) is 0 Å². The second-order valence-corrected chi connectivity index (χ2v) is 14.4. The van der Waals surface area contributed by atoms with E-state index in [0.717, 1.165) is 53.2 Å². The minimum atomic E-state index is -0.591. The highest BCUT2D eigenvalue weighted by Gasteiger charge is 2.48. The molecular formula is C27H34N4O4S2. The van der Waals surface area contributed by atoms with Crippen LogP contribution in [0.25, 0.3) is 5.82 Å². The second kappa shape index (κ2) is 9.96. The summed E-state index contributed by atoms with van der Waals surface area (Å²) in [5.74, 6) is 0.404. The number of thiophene rings is 1. The molecule has 10 heteroatoms. The van der Waals surface area contributed by atoms with E-state index >= 15 is 0 Å². The third-order valence-corrected chi connectivity index (χ3v) is 9.28. The van der Waals surface area contributed by atoms with Gasteiger partial charge in [-0.1, -0.05) is 26.0 Å². The van der Waals surface area contributed by atoms with Gasteiger partial charge in [-0.25, -0.2) is 14.7 Å². The Bertz CT molecular complexity index is 1320. The number of anilines is 1. The Morgan fingerprint density at radius 1 is 1.08 bits per heavy atom. The minimum Gasteiger partial charge on any atom is -0.428 e. The van der Waals surface area contributed by atoms with Crippen LogP contribution in [-0.2, 0) is 14.3 Å². The van der Waals surface area contributed by atoms with Gasteiger partial charge in [0.1, 0.15) is 10.5 Å². The Labute approximate surface area is 225 Å². The third kappa shape index (κ3) is 5.51. The molecule has 0 radical (unpaired) electrons. The van der Waals surface area contributed by atoms with Crippen LogP contribution in [0.2, 0.25) is 0 Å². The zero-order valence-electron chi connectivity index (χ0n) is 22.1. The van der Waals surface area contributed by atoms with Gasteiger partial charge in [0.2, 0.25) is 6.79 Å². The summed E-state index contributed by atoms with van der Waals surface area (Å²) in [7, 11) is 2.10. The summed E-state index contributed by atoms with van der Waals surface area (Å²) in [6.07, 6.45) is 0.644. The summed E-state index contributed by atoms with van der Waals surface area (Å²) in [5, 5.41) is 0.912. The van der Waals surface area contributed by atoms with E-state index in [2.05, 4.69) is 43.7 Å². The predicted molar refractivity (Wildman–Crippen MR) is 148 cm³/mol. The van der Waals surface area contributed by atoms with Crippen molar-refractivity contribution in [3.63, 3.8) is 0 Å². The van der Waals surface area contributed by atoms with Crippen molar-refractivity contribution in [2.24, 2.45) is 4.99 Å². The molecule has 0 N–H and O–H groups in total. The highest BCUT2D eigenvalue weighted by atomic mass is 32.2. The molecule has 2 saturated heterocycles. The number of hydrogen-bond donors (Lipinski definition) is 0. The van der Waals surface area contributed by atoms with Crippen molar-refractivity contribution in [2.75, 3.05) is 44.9 Å². The number of nitrogens with zero attached hydrogens (tertiary/aromatic N) is 4. The van der Waals surface area contributed by atoms with E-state index < -0.39 is 12.9 Å². The molecule has 1 aromatic carbocycles. The molecule has 198 valence electrons. The number of amides is 1. The van der Waals surface area contributed by atoms with Crippen molar-refractivity contribution in [2.45, 2.75) is 50.0 Å². The smallest absolute Gasteiger partial charge is 0.423 e. The maximum atomic E-state index is 13.7. The number of hydrogen-bond acceptors (Lipinski definition) is 9. The summed E-state index contributed by atoms with van der Waals surface area (Å²) in [4.78, 5) is 38.3. The van der Waals surface area contributed by atoms with Crippen molar-refractivity contribution in [1.29, 1.82) is 0 Å². The van der Waals surface area contributed by atoms with Crippen molar-refractivity contribution < 1.29 is 19.1 Å². The van der Waals surface area contributed by atoms with Crippen molar-refractivity contribution in [3.05, 3.63) is 45.1 Å². The van der Waals surface area contributed by atoms with Gasteiger partial charge in [0, 0.05) is 40.6 Å². The lowest BCUT2D eigenvalue weighted by Crippen LogP contribution is -2.51. The van der Waals surface area contributed by atoms with Crippen LogP contribution in [0.3, 0.4) is 0 Å². The molecule has 0 aliphatic carbocycles. The Morgan fingerprint density at radius 2 is 1.78 bits per heavy atom. The predicted octanol–water partition coefficient (Wildman–Crippen LogP) is 3.84. The van der Waals surface area contributed by atoms with Gasteiger partial charge in [-0.3, -0.25) is 4.79 Å². The van der Waals surface area contributed by atoms with Gasteiger partial charge in [0.25, 0.3) is 0 Å². The number of esters is 1. The molecule has 3 aliphatic rings. The fraction of sp³-hybridized carbons (Fsp3) is 0.519. The van der Waals surface area contributed by atoms with E-state index in [0.29, 0.717) is 17.8 Å². The quantitative estimate of drug-likeness (QED) is 0.420. The topological polar surface area (TPSA) is 74.7 Å². The number of likely N-dealkylation sites (N-methyl/N-ethyl adjacent to an activating group) is 1. The number of rotatable bonds is 5. The molecule has 0 saturated carbocycles. The maximum absolute atomic E-state index is 13.7. The lowest BCUT2D eigenvalue weighted by Gasteiger charge is -2.50. The first-order valence-electron chi connectivity index (χ1n) is 12.6. The number of aryl methyl sites for hydroxylation is 1. The largest absolute Gasteiger partial charge is 0.428 e. The normalized spacial score (nSPS) is 22.8. The fourth-order valence-corrected chi connectivity index (χ4v) is 8.56. The van der Waals surface area contributed by atoms with Crippen LogP contribution in [0.1, 0.15) is 38.5 Å². The first-order valence-corrected chi connectivity index (χ1v) is 14.2. The zero-order valence-corrected chi connectivity index (χ0v) is 23.7. The Hall–Kier alpha value is -2.56. The van der Waals surface area contributed by atoms with Crippen molar-refractivity contribution in [1.82, 2.24) is 9.80 Å². The molecule has 37 heavy (non-hydrogen) atoms. The summed E-state index contributed by atoms with van der Waals surface area (Å²) in [5.41, 5.74) is 1.34. The number of fused-ring (bicyclic) bond motifs is 2. The number of carbonyl (C=O) groups is 2. The highest BCUT2D eigenvalue weighted by molar-refractivity contribution is 8.03. The van der Waals surface area contributed by atoms with Crippen LogP contribution in [0.4, 0.5) is 16.2 Å². The standard InChI is InChI=1S/C27H34N4O4S2/c1-18-14-19-23(36-18)28-20-8-6-7-9-21(20)31(24(19)30-12-10-29(5)11-13-30)25(33)35-17-34-22(32)15-27(4)16-26(2,3)37-27/h6-9,14H,10-13,15-17H2,1-5H3. The molecule has 2 fully saturated rings. The molecule has 2 aromatic rings. The van der Waals surface area contributed by atoms with Gasteiger partial charge in [-0.05, 0) is 45.5 Å². The molecule has 0 bridgehead atoms. The summed E-state index contributed by atoms with van der Waals surface area (Å²) < 4.78 is 11.9. The van der Waals surface area contributed by atoms with Crippen LogP contribution >= 0.6 is 23.1 Å². The number of carbonyl (C=O) groups excluding carboxylic acids is 2. The number of ether oxygens (including phenoxy) is 2. The van der Waals surface area contributed by atoms with Crippen molar-refractivity contribution >= 4 is 52.4 Å². The fourth-order valence-electron chi connectivity index (χ4n) is 5.58. The van der Waals surface area contributed by atoms with Gasteiger partial charge >= 0.3 is 12.1 Å². The van der Waals surface area contributed by atoms with E-state index in [1.165, 1.54) is 0 Å². The number of thioether (sulfide) groups is 1. The molecule has 1 amide bonds. The van der Waals surface area contributed by atoms with E-state index in [9.17, 15) is 9.59 Å². The molecule has 8 nitrogen and oxygen atoms in total. The molecule has 1 atom stereocenters. The molecule has 4 heterocycles. The Balaban J connectivity index is 1.40. The first-order chi connectivity index (χ1) is 17.5. The van der Waals surface area contributed by atoms with Gasteiger partial charge in [-0.15, -0.1) is 23.1 Å². The SMILES string of the molecule is Cc1cc2c(s1)=Nc1ccccc1N(C(=O)OCOC(=O)CC1(C)CC(C)(C)S1)C=2N1CCN(C)CC1. The average Bonchev–Trinajstić information content (AvgIpc) is 3.10. The lowest BCUT2D eigenvalue weighted by atomic mass is 9.92. The molecule has 0 spiro atoms. The number of benzene rings is 1. The Kier molecular flexibility index (Phi) is 7.02. The maximum Gasteiger partial charge on any atom is 0.423 e. The number of para-hydroxylation sites is 2. The average molecular weight is 543 g/mol. The Morgan fingerprint density at radius 3 is 2.49 bits per heavy atom. The van der Waals surface area contributed by atoms with Gasteiger partial charge in [0.05, 0.1) is 23.0 Å². The monoisotopic (exact) mass is 542 g/mol. The van der Waals surface area contributed by atoms with Crippen LogP contribution in [-0.4, -0.2) is 71.4 Å². The molecule has 1 unspecified atom stereocenters. The van der Waals surface area contributed by atoms with Gasteiger partial charge in [0.15, 0.2) is 0 Å². The minimum absolute atomic E-state index is 0.134. The van der Waals surface area contributed by atoms with E-state index in [1.807, 2.05) is 31.2 Å². The molecular weight excluding hydrogens is 508 g/mol. The van der Waals surface area contributed by atoms with Gasteiger partial charge in [-0.2, -0.15) is 0 Å². The van der Waals surface area contributed by atoms with Gasteiger partial charge < -0.3 is 19.3 Å². The third-order valence-electron chi connectivity index (χ3n) is 6.86. The highest BCUT2D eigenvalue weighted by Crippen LogP contribution is 2.56. The lowest BCUT2D eigenvalue weighted by molar-refractivity contribution is -0.152. The van der Waals surface area contributed by atoms with Crippen LogP contribution in [0, 0.1) is 6.92 Å². The van der Waals surface area contributed by atoms with E-state index in [-0.39, 0.29) is 15.5 Å². The zero-order chi connectivity index (χ0) is 26.4. The van der Waals surface area contributed by atoms with Crippen LogP contribution in [0.15, 0.2) is 35.3 Å². The summed E-state index contributed by atoms with van der Waals surface area (Å²) >= 11 is 3.40. The molecule has 1 aromatic heterocycles. The first kappa shape index (κ1) is 26.1. The summed E-state index contributed by atoms with van der Waals surface area (Å²) in [6.45, 7) is 11.4.